The Balaban J connectivity index is 2.13. The number of hydrogen-bond donors (Lipinski definition) is 1. The summed E-state index contributed by atoms with van der Waals surface area (Å²) in [4.78, 5) is 0. The van der Waals surface area contributed by atoms with E-state index >= 15 is 0 Å². The van der Waals surface area contributed by atoms with Crippen molar-refractivity contribution in [1.29, 1.82) is 0 Å². The molecule has 0 aromatic heterocycles. The Morgan fingerprint density at radius 1 is 1.12 bits per heavy atom. The van der Waals surface area contributed by atoms with Gasteiger partial charge in [0.05, 0.1) is 6.10 Å². The van der Waals surface area contributed by atoms with E-state index in [0.29, 0.717) is 17.2 Å². The van der Waals surface area contributed by atoms with Gasteiger partial charge in [-0.15, -0.1) is 0 Å². The number of rotatable bonds is 0. The summed E-state index contributed by atoms with van der Waals surface area (Å²) in [5.41, 5.74) is 1.75. The van der Waals surface area contributed by atoms with Crippen LogP contribution in [0.2, 0.25) is 5.02 Å². The summed E-state index contributed by atoms with van der Waals surface area (Å²) in [6.07, 6.45) is -0.0293. The SMILES string of the molecule is OC1Cc2cc(Cl)ccc2Oc2ccccc21. The number of aliphatic hydroxyl groups is 1. The van der Waals surface area contributed by atoms with Crippen molar-refractivity contribution >= 4 is 11.6 Å². The van der Waals surface area contributed by atoms with Crippen molar-refractivity contribution < 1.29 is 9.84 Å². The Hall–Kier alpha value is -1.51. The van der Waals surface area contributed by atoms with E-state index in [1.165, 1.54) is 0 Å². The van der Waals surface area contributed by atoms with Gasteiger partial charge in [-0.2, -0.15) is 0 Å². The normalized spacial score (nSPS) is 17.6. The second kappa shape index (κ2) is 4.06. The largest absolute Gasteiger partial charge is 0.457 e. The topological polar surface area (TPSA) is 29.5 Å². The zero-order valence-corrected chi connectivity index (χ0v) is 9.82. The van der Waals surface area contributed by atoms with Crippen LogP contribution in [0.15, 0.2) is 42.5 Å². The Morgan fingerprint density at radius 2 is 1.94 bits per heavy atom. The lowest BCUT2D eigenvalue weighted by Gasteiger charge is -2.09. The number of aliphatic hydroxyl groups excluding tert-OH is 1. The predicted molar refractivity (Wildman–Crippen MR) is 66.6 cm³/mol. The van der Waals surface area contributed by atoms with Gasteiger partial charge in [-0.05, 0) is 29.8 Å². The highest BCUT2D eigenvalue weighted by Gasteiger charge is 2.21. The number of benzene rings is 2. The quantitative estimate of drug-likeness (QED) is 0.768. The lowest BCUT2D eigenvalue weighted by atomic mass is 10.0. The van der Waals surface area contributed by atoms with Crippen LogP contribution in [0.3, 0.4) is 0 Å². The molecule has 0 radical (unpaired) electrons. The number of halogens is 1. The number of para-hydroxylation sites is 1. The van der Waals surface area contributed by atoms with Crippen molar-refractivity contribution in [3.8, 4) is 11.5 Å². The molecule has 2 aromatic carbocycles. The Morgan fingerprint density at radius 3 is 2.82 bits per heavy atom. The lowest BCUT2D eigenvalue weighted by molar-refractivity contribution is 0.178. The van der Waals surface area contributed by atoms with Gasteiger partial charge >= 0.3 is 0 Å². The minimum absolute atomic E-state index is 0.521. The van der Waals surface area contributed by atoms with Crippen LogP contribution >= 0.6 is 11.6 Å². The summed E-state index contributed by atoms with van der Waals surface area (Å²) in [5, 5.41) is 10.8. The van der Waals surface area contributed by atoms with Crippen molar-refractivity contribution in [3.05, 3.63) is 58.6 Å². The van der Waals surface area contributed by atoms with Gasteiger partial charge in [0.25, 0.3) is 0 Å². The molecule has 0 amide bonds. The van der Waals surface area contributed by atoms with E-state index < -0.39 is 6.10 Å². The summed E-state index contributed by atoms with van der Waals surface area (Å²) in [5.74, 6) is 1.47. The first-order valence-electron chi connectivity index (χ1n) is 5.47. The summed E-state index contributed by atoms with van der Waals surface area (Å²) in [6, 6.07) is 13.0. The van der Waals surface area contributed by atoms with Crippen LogP contribution in [0, 0.1) is 0 Å². The van der Waals surface area contributed by atoms with Crippen LogP contribution in [0.25, 0.3) is 0 Å². The predicted octanol–water partition coefficient (Wildman–Crippen LogP) is 3.72. The molecule has 1 atom stereocenters. The smallest absolute Gasteiger partial charge is 0.133 e. The molecule has 3 heteroatoms. The first-order valence-corrected chi connectivity index (χ1v) is 5.85. The van der Waals surface area contributed by atoms with E-state index in [1.807, 2.05) is 36.4 Å². The molecule has 3 rings (SSSR count). The van der Waals surface area contributed by atoms with Crippen LogP contribution in [-0.4, -0.2) is 5.11 Å². The molecule has 1 unspecified atom stereocenters. The highest BCUT2D eigenvalue weighted by atomic mass is 35.5. The van der Waals surface area contributed by atoms with Gasteiger partial charge in [0, 0.05) is 17.0 Å². The van der Waals surface area contributed by atoms with Gasteiger partial charge in [-0.3, -0.25) is 0 Å². The fraction of sp³-hybridized carbons (Fsp3) is 0.143. The maximum absolute atomic E-state index is 10.2. The Bertz CT molecular complexity index is 566. The average Bonchev–Trinajstić information content (AvgIpc) is 2.46. The lowest BCUT2D eigenvalue weighted by Crippen LogP contribution is -1.99. The minimum Gasteiger partial charge on any atom is -0.457 e. The van der Waals surface area contributed by atoms with Crippen molar-refractivity contribution in [2.24, 2.45) is 0 Å². The fourth-order valence-electron chi connectivity index (χ4n) is 2.09. The molecular formula is C14H11ClO2. The van der Waals surface area contributed by atoms with Crippen LogP contribution in [0.5, 0.6) is 11.5 Å². The van der Waals surface area contributed by atoms with Crippen LogP contribution in [0.1, 0.15) is 17.2 Å². The second-order valence-corrected chi connectivity index (χ2v) is 4.55. The molecule has 1 aliphatic heterocycles. The van der Waals surface area contributed by atoms with Crippen molar-refractivity contribution in [1.82, 2.24) is 0 Å². The van der Waals surface area contributed by atoms with Gasteiger partial charge in [0.2, 0.25) is 0 Å². The van der Waals surface area contributed by atoms with Gasteiger partial charge in [0.15, 0.2) is 0 Å². The minimum atomic E-state index is -0.550. The molecule has 0 saturated carbocycles. The molecule has 0 saturated heterocycles. The Labute approximate surface area is 104 Å². The van der Waals surface area contributed by atoms with E-state index in [1.54, 1.807) is 6.07 Å². The molecule has 0 bridgehead atoms. The van der Waals surface area contributed by atoms with Gasteiger partial charge in [-0.25, -0.2) is 0 Å². The van der Waals surface area contributed by atoms with E-state index in [-0.39, 0.29) is 0 Å². The zero-order valence-electron chi connectivity index (χ0n) is 9.06. The molecule has 0 aliphatic carbocycles. The van der Waals surface area contributed by atoms with E-state index in [0.717, 1.165) is 16.9 Å². The molecule has 2 nitrogen and oxygen atoms in total. The van der Waals surface area contributed by atoms with E-state index in [4.69, 9.17) is 16.3 Å². The maximum Gasteiger partial charge on any atom is 0.133 e. The van der Waals surface area contributed by atoms with Crippen molar-refractivity contribution in [2.45, 2.75) is 12.5 Å². The van der Waals surface area contributed by atoms with Gasteiger partial charge in [0.1, 0.15) is 11.5 Å². The van der Waals surface area contributed by atoms with E-state index in [9.17, 15) is 5.11 Å². The summed E-state index contributed by atoms with van der Waals surface area (Å²) < 4.78 is 5.81. The number of fused-ring (bicyclic) bond motifs is 2. The van der Waals surface area contributed by atoms with E-state index in [2.05, 4.69) is 0 Å². The maximum atomic E-state index is 10.2. The molecular weight excluding hydrogens is 236 g/mol. The second-order valence-electron chi connectivity index (χ2n) is 4.11. The summed E-state index contributed by atoms with van der Waals surface area (Å²) in [7, 11) is 0. The molecule has 17 heavy (non-hydrogen) atoms. The first kappa shape index (κ1) is 10.6. The fourth-order valence-corrected chi connectivity index (χ4v) is 2.29. The molecule has 86 valence electrons. The highest BCUT2D eigenvalue weighted by Crippen LogP contribution is 2.38. The van der Waals surface area contributed by atoms with Crippen molar-refractivity contribution in [2.75, 3.05) is 0 Å². The highest BCUT2D eigenvalue weighted by molar-refractivity contribution is 6.30. The van der Waals surface area contributed by atoms with Gasteiger partial charge in [-0.1, -0.05) is 29.8 Å². The zero-order chi connectivity index (χ0) is 11.8. The third-order valence-electron chi connectivity index (χ3n) is 2.93. The van der Waals surface area contributed by atoms with Crippen LogP contribution in [0.4, 0.5) is 0 Å². The summed E-state index contributed by atoms with van der Waals surface area (Å²) in [6.45, 7) is 0. The molecule has 2 aromatic rings. The molecule has 1 heterocycles. The molecule has 1 aliphatic rings. The standard InChI is InChI=1S/C14H11ClO2/c15-10-5-6-13-9(7-10)8-12(16)11-3-1-2-4-14(11)17-13/h1-7,12,16H,8H2. The van der Waals surface area contributed by atoms with Crippen LogP contribution in [-0.2, 0) is 6.42 Å². The average molecular weight is 247 g/mol. The third kappa shape index (κ3) is 1.90. The molecule has 0 fully saturated rings. The first-order chi connectivity index (χ1) is 8.24. The molecule has 0 spiro atoms. The van der Waals surface area contributed by atoms with Crippen LogP contribution < -0.4 is 4.74 Å². The monoisotopic (exact) mass is 246 g/mol. The summed E-state index contributed by atoms with van der Waals surface area (Å²) >= 11 is 5.95. The third-order valence-corrected chi connectivity index (χ3v) is 3.17. The Kier molecular flexibility index (Phi) is 2.54. The number of hydrogen-bond acceptors (Lipinski definition) is 2. The van der Waals surface area contributed by atoms with Gasteiger partial charge < -0.3 is 9.84 Å². The number of ether oxygens (including phenoxy) is 1. The molecule has 1 N–H and O–H groups in total. The van der Waals surface area contributed by atoms with Crippen molar-refractivity contribution in [3.63, 3.8) is 0 Å².